The van der Waals surface area contributed by atoms with E-state index in [2.05, 4.69) is 15.9 Å². The van der Waals surface area contributed by atoms with Crippen molar-refractivity contribution in [3.05, 3.63) is 27.2 Å². The Kier molecular flexibility index (Phi) is 4.23. The largest absolute Gasteiger partial charge is 0.496 e. The van der Waals surface area contributed by atoms with Gasteiger partial charge in [0.15, 0.2) is 0 Å². The highest BCUT2D eigenvalue weighted by Crippen LogP contribution is 2.34. The predicted octanol–water partition coefficient (Wildman–Crippen LogP) is 3.17. The molecule has 1 rings (SSSR count). The lowest BCUT2D eigenvalue weighted by Crippen LogP contribution is -2.09. The average molecular weight is 279 g/mol. The van der Waals surface area contributed by atoms with Crippen LogP contribution in [0, 0.1) is 0 Å². The van der Waals surface area contributed by atoms with Gasteiger partial charge in [0.05, 0.1) is 11.6 Å². The summed E-state index contributed by atoms with van der Waals surface area (Å²) in [6.07, 6.45) is 0. The van der Waals surface area contributed by atoms with Crippen LogP contribution < -0.4 is 10.5 Å². The molecule has 0 bridgehead atoms. The number of ether oxygens (including phenoxy) is 1. The summed E-state index contributed by atoms with van der Waals surface area (Å²) in [5, 5.41) is 0.697. The van der Waals surface area contributed by atoms with E-state index < -0.39 is 0 Å². The second kappa shape index (κ2) is 5.01. The van der Waals surface area contributed by atoms with Crippen LogP contribution in [0.1, 0.15) is 18.4 Å². The Morgan fingerprint density at radius 3 is 2.71 bits per heavy atom. The fourth-order valence-corrected chi connectivity index (χ4v) is 2.07. The lowest BCUT2D eigenvalue weighted by atomic mass is 10.0. The van der Waals surface area contributed by atoms with Gasteiger partial charge in [-0.1, -0.05) is 18.5 Å². The second-order valence-electron chi connectivity index (χ2n) is 3.15. The monoisotopic (exact) mass is 277 g/mol. The first-order valence-electron chi connectivity index (χ1n) is 4.33. The molecule has 1 aromatic rings. The van der Waals surface area contributed by atoms with E-state index in [1.807, 2.05) is 13.0 Å². The highest BCUT2D eigenvalue weighted by Gasteiger charge is 2.11. The predicted molar refractivity (Wildman–Crippen MR) is 63.2 cm³/mol. The van der Waals surface area contributed by atoms with Gasteiger partial charge < -0.3 is 10.5 Å². The van der Waals surface area contributed by atoms with Gasteiger partial charge in [0.25, 0.3) is 0 Å². The molecule has 1 unspecified atom stereocenters. The standard InChI is InChI=1S/C10H13BrClNO/c1-6(5-13)7-3-8(11)10(14-2)4-9(7)12/h3-4,6H,5,13H2,1-2H3. The van der Waals surface area contributed by atoms with Crippen LogP contribution in [0.25, 0.3) is 0 Å². The van der Waals surface area contributed by atoms with Crippen molar-refractivity contribution in [2.75, 3.05) is 13.7 Å². The van der Waals surface area contributed by atoms with Crippen molar-refractivity contribution < 1.29 is 4.74 Å². The van der Waals surface area contributed by atoms with Gasteiger partial charge in [-0.05, 0) is 40.0 Å². The molecule has 0 heterocycles. The Morgan fingerprint density at radius 2 is 2.21 bits per heavy atom. The van der Waals surface area contributed by atoms with Crippen LogP contribution in [-0.2, 0) is 0 Å². The molecule has 0 aliphatic carbocycles. The van der Waals surface area contributed by atoms with Crippen LogP contribution in [0.15, 0.2) is 16.6 Å². The van der Waals surface area contributed by atoms with E-state index in [9.17, 15) is 0 Å². The zero-order chi connectivity index (χ0) is 10.7. The van der Waals surface area contributed by atoms with Gasteiger partial charge in [-0.25, -0.2) is 0 Å². The number of benzene rings is 1. The quantitative estimate of drug-likeness (QED) is 0.922. The molecule has 0 amide bonds. The number of rotatable bonds is 3. The molecule has 2 nitrogen and oxygen atoms in total. The summed E-state index contributed by atoms with van der Waals surface area (Å²) in [5.74, 6) is 0.993. The maximum absolute atomic E-state index is 6.10. The molecule has 2 N–H and O–H groups in total. The van der Waals surface area contributed by atoms with Crippen LogP contribution in [0.2, 0.25) is 5.02 Å². The number of hydrogen-bond donors (Lipinski definition) is 1. The van der Waals surface area contributed by atoms with Crippen LogP contribution >= 0.6 is 27.5 Å². The van der Waals surface area contributed by atoms with Gasteiger partial charge in [-0.15, -0.1) is 0 Å². The van der Waals surface area contributed by atoms with Crippen LogP contribution in [0.4, 0.5) is 0 Å². The molecule has 4 heteroatoms. The van der Waals surface area contributed by atoms with Crippen molar-refractivity contribution in [1.29, 1.82) is 0 Å². The molecule has 0 spiro atoms. The average Bonchev–Trinajstić information content (AvgIpc) is 2.19. The second-order valence-corrected chi connectivity index (χ2v) is 4.41. The van der Waals surface area contributed by atoms with Crippen LogP contribution in [-0.4, -0.2) is 13.7 Å². The molecule has 78 valence electrons. The van der Waals surface area contributed by atoms with Crippen molar-refractivity contribution >= 4 is 27.5 Å². The third-order valence-electron chi connectivity index (χ3n) is 2.16. The van der Waals surface area contributed by atoms with E-state index >= 15 is 0 Å². The Hall–Kier alpha value is -0.250. The third-order valence-corrected chi connectivity index (χ3v) is 3.10. The third kappa shape index (κ3) is 2.41. The van der Waals surface area contributed by atoms with Gasteiger partial charge in [-0.2, -0.15) is 0 Å². The maximum Gasteiger partial charge on any atom is 0.134 e. The fourth-order valence-electron chi connectivity index (χ4n) is 1.21. The minimum atomic E-state index is 0.254. The van der Waals surface area contributed by atoms with Crippen molar-refractivity contribution in [3.63, 3.8) is 0 Å². The Balaban J connectivity index is 3.14. The van der Waals surface area contributed by atoms with Crippen molar-refractivity contribution in [3.8, 4) is 5.75 Å². The molecule has 0 radical (unpaired) electrons. The van der Waals surface area contributed by atoms with E-state index in [0.29, 0.717) is 11.6 Å². The summed E-state index contributed by atoms with van der Waals surface area (Å²) >= 11 is 9.51. The van der Waals surface area contributed by atoms with Crippen molar-refractivity contribution in [1.82, 2.24) is 0 Å². The van der Waals surface area contributed by atoms with E-state index in [4.69, 9.17) is 22.1 Å². The van der Waals surface area contributed by atoms with Gasteiger partial charge in [0.2, 0.25) is 0 Å². The summed E-state index contributed by atoms with van der Waals surface area (Å²) in [5.41, 5.74) is 6.63. The maximum atomic E-state index is 6.10. The molecule has 0 fully saturated rings. The van der Waals surface area contributed by atoms with Crippen molar-refractivity contribution in [2.24, 2.45) is 5.73 Å². The first-order chi connectivity index (χ1) is 6.60. The Morgan fingerprint density at radius 1 is 1.57 bits per heavy atom. The smallest absolute Gasteiger partial charge is 0.134 e. The number of halogens is 2. The molecular weight excluding hydrogens is 265 g/mol. The number of hydrogen-bond acceptors (Lipinski definition) is 2. The van der Waals surface area contributed by atoms with Crippen LogP contribution in [0.5, 0.6) is 5.75 Å². The number of methoxy groups -OCH3 is 1. The van der Waals surface area contributed by atoms with Gasteiger partial charge in [0, 0.05) is 11.1 Å². The van der Waals surface area contributed by atoms with Gasteiger partial charge in [0.1, 0.15) is 5.75 Å². The normalized spacial score (nSPS) is 12.6. The number of nitrogens with two attached hydrogens (primary N) is 1. The highest BCUT2D eigenvalue weighted by molar-refractivity contribution is 9.10. The lowest BCUT2D eigenvalue weighted by molar-refractivity contribution is 0.412. The molecular formula is C10H13BrClNO. The molecule has 0 aromatic heterocycles. The summed E-state index contributed by atoms with van der Waals surface area (Å²) in [6, 6.07) is 3.76. The fraction of sp³-hybridized carbons (Fsp3) is 0.400. The minimum absolute atomic E-state index is 0.254. The Labute approximate surface area is 97.5 Å². The van der Waals surface area contributed by atoms with E-state index in [1.165, 1.54) is 0 Å². The zero-order valence-corrected chi connectivity index (χ0v) is 10.5. The lowest BCUT2D eigenvalue weighted by Gasteiger charge is -2.13. The molecule has 0 saturated carbocycles. The SMILES string of the molecule is COc1cc(Cl)c(C(C)CN)cc1Br. The first-order valence-corrected chi connectivity index (χ1v) is 5.50. The molecule has 1 atom stereocenters. The molecule has 0 aliphatic rings. The van der Waals surface area contributed by atoms with E-state index in [1.54, 1.807) is 13.2 Å². The molecule has 1 aromatic carbocycles. The molecule has 0 aliphatic heterocycles. The Bertz CT molecular complexity index is 330. The van der Waals surface area contributed by atoms with E-state index in [0.717, 1.165) is 15.8 Å². The first kappa shape index (κ1) is 11.8. The summed E-state index contributed by atoms with van der Waals surface area (Å²) in [7, 11) is 1.61. The van der Waals surface area contributed by atoms with Gasteiger partial charge in [-0.3, -0.25) is 0 Å². The highest BCUT2D eigenvalue weighted by atomic mass is 79.9. The minimum Gasteiger partial charge on any atom is -0.496 e. The topological polar surface area (TPSA) is 35.2 Å². The van der Waals surface area contributed by atoms with Crippen LogP contribution in [0.3, 0.4) is 0 Å². The summed E-state index contributed by atoms with van der Waals surface area (Å²) < 4.78 is 6.03. The summed E-state index contributed by atoms with van der Waals surface area (Å²) in [4.78, 5) is 0. The summed E-state index contributed by atoms with van der Waals surface area (Å²) in [6.45, 7) is 2.62. The van der Waals surface area contributed by atoms with Gasteiger partial charge >= 0.3 is 0 Å². The molecule has 0 saturated heterocycles. The van der Waals surface area contributed by atoms with Crippen molar-refractivity contribution in [2.45, 2.75) is 12.8 Å². The zero-order valence-electron chi connectivity index (χ0n) is 8.18. The molecule has 14 heavy (non-hydrogen) atoms. The van der Waals surface area contributed by atoms with E-state index in [-0.39, 0.29) is 5.92 Å².